The first kappa shape index (κ1) is 13.0. The van der Waals surface area contributed by atoms with Crippen molar-refractivity contribution >= 4 is 32.9 Å². The number of aromatic nitrogens is 1. The average Bonchev–Trinajstić information content (AvgIpc) is 2.89. The molecule has 6 heteroatoms. The van der Waals surface area contributed by atoms with Gasteiger partial charge in [0.25, 0.3) is 5.69 Å². The SMILES string of the molecule is COC1CC=CC=C1c1nsc2ccc([N+](=O)[O-])cc12. The summed E-state index contributed by atoms with van der Waals surface area (Å²) in [5.74, 6) is 0. The van der Waals surface area contributed by atoms with Crippen molar-refractivity contribution < 1.29 is 9.66 Å². The highest BCUT2D eigenvalue weighted by molar-refractivity contribution is 7.13. The van der Waals surface area contributed by atoms with Gasteiger partial charge in [0.05, 0.1) is 21.4 Å². The van der Waals surface area contributed by atoms with Crippen molar-refractivity contribution in [1.29, 1.82) is 0 Å². The van der Waals surface area contributed by atoms with Crippen LogP contribution in [0.4, 0.5) is 5.69 Å². The largest absolute Gasteiger partial charge is 0.376 e. The van der Waals surface area contributed by atoms with Crippen molar-refractivity contribution in [2.75, 3.05) is 7.11 Å². The highest BCUT2D eigenvalue weighted by Crippen LogP contribution is 2.34. The number of methoxy groups -OCH3 is 1. The van der Waals surface area contributed by atoms with E-state index < -0.39 is 0 Å². The van der Waals surface area contributed by atoms with Crippen LogP contribution in [0.5, 0.6) is 0 Å². The van der Waals surface area contributed by atoms with Crippen molar-refractivity contribution in [3.05, 3.63) is 52.2 Å². The molecule has 1 atom stereocenters. The van der Waals surface area contributed by atoms with E-state index in [4.69, 9.17) is 4.74 Å². The number of fused-ring (bicyclic) bond motifs is 1. The van der Waals surface area contributed by atoms with Gasteiger partial charge in [0, 0.05) is 30.2 Å². The van der Waals surface area contributed by atoms with Crippen LogP contribution >= 0.6 is 11.5 Å². The maximum absolute atomic E-state index is 10.9. The van der Waals surface area contributed by atoms with Gasteiger partial charge < -0.3 is 4.74 Å². The van der Waals surface area contributed by atoms with Crippen molar-refractivity contribution in [2.45, 2.75) is 12.5 Å². The summed E-state index contributed by atoms with van der Waals surface area (Å²) >= 11 is 1.35. The monoisotopic (exact) mass is 288 g/mol. The Labute approximate surface area is 119 Å². The van der Waals surface area contributed by atoms with E-state index in [1.807, 2.05) is 18.2 Å². The molecule has 1 unspecified atom stereocenters. The minimum absolute atomic E-state index is 0.0513. The highest BCUT2D eigenvalue weighted by Gasteiger charge is 2.21. The normalized spacial score (nSPS) is 18.2. The third-order valence-electron chi connectivity index (χ3n) is 3.33. The van der Waals surface area contributed by atoms with Gasteiger partial charge in [-0.25, -0.2) is 0 Å². The van der Waals surface area contributed by atoms with Crippen molar-refractivity contribution in [3.8, 4) is 0 Å². The second kappa shape index (κ2) is 5.15. The Balaban J connectivity index is 2.16. The molecule has 3 rings (SSSR count). The van der Waals surface area contributed by atoms with Gasteiger partial charge in [-0.05, 0) is 24.0 Å². The van der Waals surface area contributed by atoms with Gasteiger partial charge in [0.1, 0.15) is 0 Å². The van der Waals surface area contributed by atoms with Gasteiger partial charge >= 0.3 is 0 Å². The summed E-state index contributed by atoms with van der Waals surface area (Å²) in [6.07, 6.45) is 6.70. The smallest absolute Gasteiger partial charge is 0.270 e. The Kier molecular flexibility index (Phi) is 3.33. The number of nitrogens with zero attached hydrogens (tertiary/aromatic N) is 2. The molecular weight excluding hydrogens is 276 g/mol. The van der Waals surface area contributed by atoms with Crippen LogP contribution in [-0.2, 0) is 4.74 Å². The molecule has 0 spiro atoms. The van der Waals surface area contributed by atoms with Crippen LogP contribution in [-0.4, -0.2) is 22.5 Å². The fourth-order valence-electron chi connectivity index (χ4n) is 2.31. The molecule has 0 bridgehead atoms. The Bertz CT molecular complexity index is 733. The number of hydrogen-bond acceptors (Lipinski definition) is 5. The van der Waals surface area contributed by atoms with Crippen LogP contribution in [0.1, 0.15) is 12.1 Å². The lowest BCUT2D eigenvalue weighted by Gasteiger charge is -2.18. The maximum Gasteiger partial charge on any atom is 0.270 e. The second-order valence-electron chi connectivity index (χ2n) is 4.48. The Morgan fingerprint density at radius 3 is 3.10 bits per heavy atom. The fraction of sp³-hybridized carbons (Fsp3) is 0.214. The number of benzene rings is 1. The second-order valence-corrected chi connectivity index (χ2v) is 5.28. The Morgan fingerprint density at radius 2 is 2.35 bits per heavy atom. The average molecular weight is 288 g/mol. The van der Waals surface area contributed by atoms with Crippen LogP contribution in [0, 0.1) is 10.1 Å². The van der Waals surface area contributed by atoms with Crippen LogP contribution in [0.25, 0.3) is 15.7 Å². The summed E-state index contributed by atoms with van der Waals surface area (Å²) < 4.78 is 10.9. The predicted octanol–water partition coefficient (Wildman–Crippen LogP) is 3.56. The molecule has 1 aliphatic carbocycles. The summed E-state index contributed by atoms with van der Waals surface area (Å²) in [6, 6.07) is 4.84. The zero-order chi connectivity index (χ0) is 14.1. The molecule has 102 valence electrons. The van der Waals surface area contributed by atoms with Gasteiger partial charge in [-0.15, -0.1) is 0 Å². The highest BCUT2D eigenvalue weighted by atomic mass is 32.1. The topological polar surface area (TPSA) is 65.3 Å². The first-order valence-corrected chi connectivity index (χ1v) is 6.91. The molecule has 0 amide bonds. The van der Waals surface area contributed by atoms with E-state index in [1.165, 1.54) is 17.6 Å². The van der Waals surface area contributed by atoms with Gasteiger partial charge in [-0.2, -0.15) is 4.37 Å². The third-order valence-corrected chi connectivity index (χ3v) is 4.16. The Hall–Kier alpha value is -2.05. The molecule has 1 aromatic heterocycles. The standard InChI is InChI=1S/C14H12N2O3S/c1-19-12-5-3-2-4-10(12)14-11-8-9(16(17)18)6-7-13(11)20-15-14/h2-4,6-8,12H,5H2,1H3. The lowest BCUT2D eigenvalue weighted by Crippen LogP contribution is -2.14. The number of allylic oxidation sites excluding steroid dienone is 2. The predicted molar refractivity (Wildman–Crippen MR) is 78.8 cm³/mol. The molecule has 2 aromatic rings. The summed E-state index contributed by atoms with van der Waals surface area (Å²) in [7, 11) is 1.66. The summed E-state index contributed by atoms with van der Waals surface area (Å²) in [5.41, 5.74) is 1.84. The molecule has 0 fully saturated rings. The molecule has 20 heavy (non-hydrogen) atoms. The molecular formula is C14H12N2O3S. The van der Waals surface area contributed by atoms with Gasteiger partial charge in [0.15, 0.2) is 0 Å². The quantitative estimate of drug-likeness (QED) is 0.639. The Morgan fingerprint density at radius 1 is 1.50 bits per heavy atom. The van der Waals surface area contributed by atoms with Crippen molar-refractivity contribution in [1.82, 2.24) is 4.37 Å². The zero-order valence-corrected chi connectivity index (χ0v) is 11.6. The maximum atomic E-state index is 10.9. The summed E-state index contributed by atoms with van der Waals surface area (Å²) in [5, 5.41) is 11.7. The number of non-ortho nitro benzene ring substituents is 1. The van der Waals surface area contributed by atoms with Crippen LogP contribution in [0.3, 0.4) is 0 Å². The van der Waals surface area contributed by atoms with E-state index >= 15 is 0 Å². The van der Waals surface area contributed by atoms with Crippen LogP contribution in [0.15, 0.2) is 36.4 Å². The molecule has 0 aliphatic heterocycles. The minimum atomic E-state index is -0.385. The number of nitro groups is 1. The molecule has 0 saturated heterocycles. The zero-order valence-electron chi connectivity index (χ0n) is 10.8. The first-order valence-electron chi connectivity index (χ1n) is 6.14. The molecule has 0 radical (unpaired) electrons. The number of nitro benzene ring substituents is 1. The van der Waals surface area contributed by atoms with E-state index in [-0.39, 0.29) is 16.7 Å². The van der Waals surface area contributed by atoms with Crippen LogP contribution < -0.4 is 0 Å². The first-order chi connectivity index (χ1) is 9.70. The molecule has 0 saturated carbocycles. The molecule has 5 nitrogen and oxygen atoms in total. The lowest BCUT2D eigenvalue weighted by atomic mass is 9.96. The minimum Gasteiger partial charge on any atom is -0.376 e. The van der Waals surface area contributed by atoms with Gasteiger partial charge in [0.2, 0.25) is 0 Å². The molecule has 1 aliphatic rings. The number of hydrogen-bond donors (Lipinski definition) is 0. The van der Waals surface area contributed by atoms with E-state index in [0.717, 1.165) is 27.8 Å². The number of ether oxygens (including phenoxy) is 1. The lowest BCUT2D eigenvalue weighted by molar-refractivity contribution is -0.384. The molecule has 1 aromatic carbocycles. The van der Waals surface area contributed by atoms with E-state index in [2.05, 4.69) is 4.37 Å². The van der Waals surface area contributed by atoms with Crippen molar-refractivity contribution in [3.63, 3.8) is 0 Å². The molecule has 0 N–H and O–H groups in total. The van der Waals surface area contributed by atoms with Gasteiger partial charge in [-0.3, -0.25) is 10.1 Å². The van der Waals surface area contributed by atoms with E-state index in [9.17, 15) is 10.1 Å². The van der Waals surface area contributed by atoms with Crippen molar-refractivity contribution in [2.24, 2.45) is 0 Å². The molecule has 1 heterocycles. The third kappa shape index (κ3) is 2.13. The summed E-state index contributed by atoms with van der Waals surface area (Å²) in [4.78, 5) is 10.5. The van der Waals surface area contributed by atoms with Gasteiger partial charge in [-0.1, -0.05) is 18.2 Å². The number of rotatable bonds is 3. The van der Waals surface area contributed by atoms with E-state index in [1.54, 1.807) is 19.2 Å². The van der Waals surface area contributed by atoms with E-state index in [0.29, 0.717) is 0 Å². The summed E-state index contributed by atoms with van der Waals surface area (Å²) in [6.45, 7) is 0. The van der Waals surface area contributed by atoms with Crippen LogP contribution in [0.2, 0.25) is 0 Å². The fourth-order valence-corrected chi connectivity index (χ4v) is 3.09.